The summed E-state index contributed by atoms with van der Waals surface area (Å²) in [5, 5.41) is 18.1. The number of carboxylic acids is 1. The molecular weight excluding hydrogens is 234 g/mol. The molecule has 0 radical (unpaired) electrons. The number of benzene rings is 1. The lowest BCUT2D eigenvalue weighted by Gasteiger charge is -2.19. The van der Waals surface area contributed by atoms with Crippen LogP contribution in [-0.4, -0.2) is 41.3 Å². The van der Waals surface area contributed by atoms with Gasteiger partial charge in [-0.2, -0.15) is 0 Å². The van der Waals surface area contributed by atoms with Gasteiger partial charge in [0.2, 0.25) is 0 Å². The van der Waals surface area contributed by atoms with Crippen LogP contribution in [0.1, 0.15) is 18.9 Å². The summed E-state index contributed by atoms with van der Waals surface area (Å²) in [5.41, 5.74) is 0.983. The summed E-state index contributed by atoms with van der Waals surface area (Å²) < 4.78 is 5.04. The van der Waals surface area contributed by atoms with E-state index in [4.69, 9.17) is 9.84 Å². The lowest BCUT2D eigenvalue weighted by molar-refractivity contribution is -0.137. The zero-order chi connectivity index (χ0) is 13.5. The highest BCUT2D eigenvalue weighted by Gasteiger charge is 2.08. The number of rotatable bonds is 7. The van der Waals surface area contributed by atoms with E-state index in [2.05, 4.69) is 0 Å². The molecule has 0 aliphatic carbocycles. The number of nitrogens with zero attached hydrogens (tertiary/aromatic N) is 1. The van der Waals surface area contributed by atoms with Crippen molar-refractivity contribution >= 4 is 5.97 Å². The second-order valence-electron chi connectivity index (χ2n) is 4.02. The Labute approximate surface area is 107 Å². The van der Waals surface area contributed by atoms with Crippen LogP contribution >= 0.6 is 0 Å². The van der Waals surface area contributed by atoms with E-state index >= 15 is 0 Å². The van der Waals surface area contributed by atoms with Crippen LogP contribution in [0.3, 0.4) is 0 Å². The van der Waals surface area contributed by atoms with Gasteiger partial charge in [-0.25, -0.2) is 0 Å². The van der Waals surface area contributed by atoms with Gasteiger partial charge >= 0.3 is 5.97 Å². The molecule has 2 N–H and O–H groups in total. The predicted molar refractivity (Wildman–Crippen MR) is 67.9 cm³/mol. The molecule has 0 spiro atoms. The summed E-state index contributed by atoms with van der Waals surface area (Å²) in [6.45, 7) is 3.91. The first-order valence-electron chi connectivity index (χ1n) is 5.86. The molecule has 0 saturated carbocycles. The van der Waals surface area contributed by atoms with E-state index in [-0.39, 0.29) is 12.2 Å². The van der Waals surface area contributed by atoms with Crippen LogP contribution in [0.15, 0.2) is 18.2 Å². The lowest BCUT2D eigenvalue weighted by Crippen LogP contribution is -2.25. The van der Waals surface area contributed by atoms with Gasteiger partial charge in [-0.1, -0.05) is 13.0 Å². The number of ether oxygens (including phenoxy) is 1. The number of aromatic hydroxyl groups is 1. The maximum Gasteiger partial charge on any atom is 0.304 e. The molecule has 1 aromatic carbocycles. The number of carbonyl (C=O) groups is 1. The van der Waals surface area contributed by atoms with Crippen molar-refractivity contribution in [1.29, 1.82) is 0 Å². The summed E-state index contributed by atoms with van der Waals surface area (Å²) in [6.07, 6.45) is 0.128. The van der Waals surface area contributed by atoms with Crippen LogP contribution in [0, 0.1) is 0 Å². The topological polar surface area (TPSA) is 70.0 Å². The SMILES string of the molecule is CCN(CCC(=O)O)Cc1ccc(O)c(OC)c1. The highest BCUT2D eigenvalue weighted by molar-refractivity contribution is 5.66. The average Bonchev–Trinajstić information content (AvgIpc) is 2.36. The highest BCUT2D eigenvalue weighted by Crippen LogP contribution is 2.26. The molecule has 0 unspecified atom stereocenters. The first-order chi connectivity index (χ1) is 8.56. The Bertz CT molecular complexity index is 406. The molecule has 1 aromatic rings. The highest BCUT2D eigenvalue weighted by atomic mass is 16.5. The molecule has 1 rings (SSSR count). The van der Waals surface area contributed by atoms with Crippen molar-refractivity contribution in [2.75, 3.05) is 20.2 Å². The van der Waals surface area contributed by atoms with E-state index in [1.807, 2.05) is 11.8 Å². The third-order valence-electron chi connectivity index (χ3n) is 2.74. The molecule has 0 saturated heterocycles. The van der Waals surface area contributed by atoms with Gasteiger partial charge in [0.1, 0.15) is 0 Å². The third kappa shape index (κ3) is 4.25. The van der Waals surface area contributed by atoms with Crippen molar-refractivity contribution in [3.8, 4) is 11.5 Å². The molecule has 0 fully saturated rings. The standard InChI is InChI=1S/C13H19NO4/c1-3-14(7-6-13(16)17)9-10-4-5-11(15)12(8-10)18-2/h4-5,8,15H,3,6-7,9H2,1-2H3,(H,16,17). The normalized spacial score (nSPS) is 10.6. The maximum absolute atomic E-state index is 10.5. The van der Waals surface area contributed by atoms with E-state index in [1.54, 1.807) is 18.2 Å². The molecular formula is C13H19NO4. The van der Waals surface area contributed by atoms with Crippen molar-refractivity contribution in [3.05, 3.63) is 23.8 Å². The maximum atomic E-state index is 10.5. The van der Waals surface area contributed by atoms with Crippen molar-refractivity contribution in [3.63, 3.8) is 0 Å². The van der Waals surface area contributed by atoms with Crippen molar-refractivity contribution in [2.45, 2.75) is 19.9 Å². The fraction of sp³-hybridized carbons (Fsp3) is 0.462. The third-order valence-corrected chi connectivity index (χ3v) is 2.74. The second kappa shape index (κ2) is 6.86. The van der Waals surface area contributed by atoms with Gasteiger partial charge in [0.05, 0.1) is 13.5 Å². The van der Waals surface area contributed by atoms with Gasteiger partial charge < -0.3 is 14.9 Å². The lowest BCUT2D eigenvalue weighted by atomic mass is 10.2. The second-order valence-corrected chi connectivity index (χ2v) is 4.02. The first-order valence-corrected chi connectivity index (χ1v) is 5.86. The van der Waals surface area contributed by atoms with Crippen molar-refractivity contribution in [1.82, 2.24) is 4.90 Å². The van der Waals surface area contributed by atoms with E-state index in [1.165, 1.54) is 7.11 Å². The monoisotopic (exact) mass is 253 g/mol. The number of hydrogen-bond donors (Lipinski definition) is 2. The molecule has 5 heteroatoms. The minimum atomic E-state index is -0.795. The van der Waals surface area contributed by atoms with Gasteiger partial charge in [0.15, 0.2) is 11.5 Å². The minimum Gasteiger partial charge on any atom is -0.504 e. The molecule has 5 nitrogen and oxygen atoms in total. The molecule has 0 amide bonds. The number of carboxylic acid groups (broad SMARTS) is 1. The molecule has 0 aromatic heterocycles. The van der Waals surface area contributed by atoms with Crippen LogP contribution in [0.25, 0.3) is 0 Å². The Morgan fingerprint density at radius 3 is 2.72 bits per heavy atom. The number of methoxy groups -OCH3 is 1. The molecule has 0 bridgehead atoms. The fourth-order valence-electron chi connectivity index (χ4n) is 1.68. The van der Waals surface area contributed by atoms with Gasteiger partial charge in [-0.05, 0) is 24.2 Å². The summed E-state index contributed by atoms with van der Waals surface area (Å²) in [7, 11) is 1.50. The Kier molecular flexibility index (Phi) is 5.45. The Hall–Kier alpha value is -1.75. The van der Waals surface area contributed by atoms with E-state index in [0.717, 1.165) is 12.1 Å². The number of phenols is 1. The molecule has 0 heterocycles. The van der Waals surface area contributed by atoms with Gasteiger partial charge in [0, 0.05) is 13.1 Å². The number of phenolic OH excluding ortho intramolecular Hbond substituents is 1. The van der Waals surface area contributed by atoms with Gasteiger partial charge in [-0.3, -0.25) is 9.69 Å². The van der Waals surface area contributed by atoms with Crippen LogP contribution in [0.5, 0.6) is 11.5 Å². The fourth-order valence-corrected chi connectivity index (χ4v) is 1.68. The number of aliphatic carboxylic acids is 1. The summed E-state index contributed by atoms with van der Waals surface area (Å²) in [5.74, 6) is -0.256. The van der Waals surface area contributed by atoms with Crippen molar-refractivity contribution < 1.29 is 19.7 Å². The largest absolute Gasteiger partial charge is 0.504 e. The van der Waals surface area contributed by atoms with E-state index in [9.17, 15) is 9.90 Å². The predicted octanol–water partition coefficient (Wildman–Crippen LogP) is 1.70. The molecule has 0 aliphatic rings. The van der Waals surface area contributed by atoms with Crippen LogP contribution in [0.2, 0.25) is 0 Å². The summed E-state index contributed by atoms with van der Waals surface area (Å²) in [4.78, 5) is 12.6. The van der Waals surface area contributed by atoms with E-state index in [0.29, 0.717) is 18.8 Å². The number of hydrogen-bond acceptors (Lipinski definition) is 4. The summed E-state index contributed by atoms with van der Waals surface area (Å²) >= 11 is 0. The summed E-state index contributed by atoms with van der Waals surface area (Å²) in [6, 6.07) is 5.15. The Balaban J connectivity index is 2.66. The van der Waals surface area contributed by atoms with Gasteiger partial charge in [0.25, 0.3) is 0 Å². The molecule has 100 valence electrons. The van der Waals surface area contributed by atoms with Crippen LogP contribution in [0.4, 0.5) is 0 Å². The van der Waals surface area contributed by atoms with Crippen LogP contribution < -0.4 is 4.74 Å². The quantitative estimate of drug-likeness (QED) is 0.774. The van der Waals surface area contributed by atoms with Crippen LogP contribution in [-0.2, 0) is 11.3 Å². The minimum absolute atomic E-state index is 0.106. The smallest absolute Gasteiger partial charge is 0.304 e. The van der Waals surface area contributed by atoms with Crippen molar-refractivity contribution in [2.24, 2.45) is 0 Å². The molecule has 0 aliphatic heterocycles. The molecule has 18 heavy (non-hydrogen) atoms. The van der Waals surface area contributed by atoms with Gasteiger partial charge in [-0.15, -0.1) is 0 Å². The zero-order valence-electron chi connectivity index (χ0n) is 10.7. The Morgan fingerprint density at radius 2 is 2.17 bits per heavy atom. The zero-order valence-corrected chi connectivity index (χ0v) is 10.7. The average molecular weight is 253 g/mol. The first kappa shape index (κ1) is 14.3. The van der Waals surface area contributed by atoms with E-state index < -0.39 is 5.97 Å². The Morgan fingerprint density at radius 1 is 1.44 bits per heavy atom. The molecule has 0 atom stereocenters.